The molecule has 0 aromatic heterocycles. The van der Waals surface area contributed by atoms with E-state index in [4.69, 9.17) is 14.2 Å². The Bertz CT molecular complexity index is 1230. The first-order valence-corrected chi connectivity index (χ1v) is 12.3. The van der Waals surface area contributed by atoms with Crippen LogP contribution in [0, 0.1) is 6.92 Å². The lowest BCUT2D eigenvalue weighted by Gasteiger charge is -2.26. The van der Waals surface area contributed by atoms with Crippen molar-refractivity contribution in [2.75, 3.05) is 37.2 Å². The summed E-state index contributed by atoms with van der Waals surface area (Å²) in [5.41, 5.74) is 1.43. The van der Waals surface area contributed by atoms with Gasteiger partial charge in [0.25, 0.3) is 10.0 Å². The lowest BCUT2D eigenvalue weighted by Crippen LogP contribution is -2.42. The van der Waals surface area contributed by atoms with Crippen LogP contribution in [0.5, 0.6) is 17.2 Å². The summed E-state index contributed by atoms with van der Waals surface area (Å²) in [6.07, 6.45) is 0. The molecule has 1 N–H and O–H groups in total. The Morgan fingerprint density at radius 2 is 1.68 bits per heavy atom. The zero-order valence-electron chi connectivity index (χ0n) is 18.8. The molecular weight excluding hydrogens is 456 g/mol. The van der Waals surface area contributed by atoms with Gasteiger partial charge >= 0.3 is 0 Å². The number of amides is 1. The van der Waals surface area contributed by atoms with Gasteiger partial charge in [0.05, 0.1) is 17.1 Å². The Labute approximate surface area is 199 Å². The number of nitrogens with one attached hydrogen (secondary N) is 1. The topological polar surface area (TPSA) is 94.2 Å². The molecule has 1 amide bonds. The number of sulfonamides is 1. The van der Waals surface area contributed by atoms with Gasteiger partial charge in [-0.25, -0.2) is 8.42 Å². The Hall–Kier alpha value is -3.72. The molecule has 4 rings (SSSR count). The summed E-state index contributed by atoms with van der Waals surface area (Å²) in [4.78, 5) is 12.8. The van der Waals surface area contributed by atoms with Crippen molar-refractivity contribution in [1.82, 2.24) is 5.32 Å². The number of hydrogen-bond acceptors (Lipinski definition) is 6. The first kappa shape index (κ1) is 23.4. The number of benzene rings is 3. The van der Waals surface area contributed by atoms with Gasteiger partial charge in [-0.15, -0.1) is 0 Å². The van der Waals surface area contributed by atoms with Crippen LogP contribution in [-0.2, 0) is 14.8 Å². The molecule has 34 heavy (non-hydrogen) atoms. The fraction of sp³-hybridized carbons (Fsp3) is 0.240. The minimum atomic E-state index is -4.01. The molecule has 9 heteroatoms. The van der Waals surface area contributed by atoms with E-state index in [2.05, 4.69) is 5.32 Å². The molecular formula is C25H26N2O6S. The maximum absolute atomic E-state index is 13.4. The summed E-state index contributed by atoms with van der Waals surface area (Å²) in [5.74, 6) is 1.21. The van der Waals surface area contributed by atoms with Crippen LogP contribution >= 0.6 is 0 Å². The number of hydrogen-bond donors (Lipinski definition) is 1. The van der Waals surface area contributed by atoms with Crippen molar-refractivity contribution in [3.8, 4) is 17.2 Å². The Balaban J connectivity index is 1.48. The van der Waals surface area contributed by atoms with E-state index in [1.165, 1.54) is 12.1 Å². The summed E-state index contributed by atoms with van der Waals surface area (Å²) in [6.45, 7) is 2.86. The number of carbonyl (C=O) groups excluding carboxylic acids is 1. The Kier molecular flexibility index (Phi) is 7.22. The quantitative estimate of drug-likeness (QED) is 0.471. The molecule has 0 saturated carbocycles. The van der Waals surface area contributed by atoms with Gasteiger partial charge in [0.2, 0.25) is 5.91 Å². The predicted octanol–water partition coefficient (Wildman–Crippen LogP) is 3.16. The van der Waals surface area contributed by atoms with Gasteiger partial charge in [-0.2, -0.15) is 0 Å². The molecule has 0 spiro atoms. The van der Waals surface area contributed by atoms with Crippen LogP contribution in [0.15, 0.2) is 77.7 Å². The van der Waals surface area contributed by atoms with Crippen LogP contribution in [0.3, 0.4) is 0 Å². The molecule has 8 nitrogen and oxygen atoms in total. The SMILES string of the molecule is Cc1ccc(OCCNC(=O)CN(c2ccc3c(c2)OCCO3)S(=O)(=O)c2ccccc2)cc1. The second-order valence-corrected chi connectivity index (χ2v) is 9.53. The molecule has 0 saturated heterocycles. The minimum Gasteiger partial charge on any atom is -0.492 e. The van der Waals surface area contributed by atoms with Crippen LogP contribution in [0.4, 0.5) is 5.69 Å². The van der Waals surface area contributed by atoms with Crippen molar-refractivity contribution in [3.05, 3.63) is 78.4 Å². The summed E-state index contributed by atoms with van der Waals surface area (Å²) in [6, 6.07) is 20.4. The van der Waals surface area contributed by atoms with Gasteiger partial charge in [-0.3, -0.25) is 9.10 Å². The number of carbonyl (C=O) groups is 1. The number of fused-ring (bicyclic) bond motifs is 1. The molecule has 0 bridgehead atoms. The average molecular weight is 483 g/mol. The van der Waals surface area contributed by atoms with Crippen LogP contribution in [0.25, 0.3) is 0 Å². The van der Waals surface area contributed by atoms with Gasteiger partial charge < -0.3 is 19.5 Å². The number of rotatable bonds is 9. The smallest absolute Gasteiger partial charge is 0.264 e. The second-order valence-electron chi connectivity index (χ2n) is 7.66. The third-order valence-corrected chi connectivity index (χ3v) is 6.93. The fourth-order valence-corrected chi connectivity index (χ4v) is 4.84. The van der Waals surface area contributed by atoms with Gasteiger partial charge in [-0.05, 0) is 43.3 Å². The highest BCUT2D eigenvalue weighted by Gasteiger charge is 2.28. The highest BCUT2D eigenvalue weighted by molar-refractivity contribution is 7.92. The number of anilines is 1. The first-order valence-electron chi connectivity index (χ1n) is 10.9. The van der Waals surface area contributed by atoms with Crippen LogP contribution in [0.1, 0.15) is 5.56 Å². The minimum absolute atomic E-state index is 0.0837. The molecule has 0 atom stereocenters. The van der Waals surface area contributed by atoms with Crippen molar-refractivity contribution < 1.29 is 27.4 Å². The maximum Gasteiger partial charge on any atom is 0.264 e. The van der Waals surface area contributed by atoms with E-state index in [0.717, 1.165) is 9.87 Å². The number of aryl methyl sites for hydroxylation is 1. The van der Waals surface area contributed by atoms with Crippen molar-refractivity contribution >= 4 is 21.6 Å². The molecule has 1 aliphatic heterocycles. The number of nitrogens with zero attached hydrogens (tertiary/aromatic N) is 1. The number of ether oxygens (including phenoxy) is 3. The molecule has 0 unspecified atom stereocenters. The second kappa shape index (κ2) is 10.5. The van der Waals surface area contributed by atoms with Crippen LogP contribution in [-0.4, -0.2) is 47.2 Å². The standard InChI is InChI=1S/C25H26N2O6S/c1-19-7-10-21(11-8-19)31-14-13-26-25(28)18-27(34(29,30)22-5-3-2-4-6-22)20-9-12-23-24(17-20)33-16-15-32-23/h2-12,17H,13-16,18H2,1H3,(H,26,28). The van der Waals surface area contributed by atoms with E-state index < -0.39 is 22.5 Å². The Morgan fingerprint density at radius 1 is 0.971 bits per heavy atom. The van der Waals surface area contributed by atoms with E-state index in [1.807, 2.05) is 31.2 Å². The average Bonchev–Trinajstić information content (AvgIpc) is 2.86. The molecule has 0 radical (unpaired) electrons. The molecule has 0 fully saturated rings. The summed E-state index contributed by atoms with van der Waals surface area (Å²) in [7, 11) is -4.01. The maximum atomic E-state index is 13.4. The van der Waals surface area contributed by atoms with Crippen LogP contribution in [0.2, 0.25) is 0 Å². The van der Waals surface area contributed by atoms with Gasteiger partial charge in [0.1, 0.15) is 32.1 Å². The molecule has 0 aliphatic carbocycles. The normalized spacial score (nSPS) is 12.6. The summed E-state index contributed by atoms with van der Waals surface area (Å²) in [5, 5.41) is 2.72. The molecule has 1 heterocycles. The highest BCUT2D eigenvalue weighted by Crippen LogP contribution is 2.35. The van der Waals surface area contributed by atoms with Crippen molar-refractivity contribution in [2.45, 2.75) is 11.8 Å². The van der Waals surface area contributed by atoms with E-state index in [1.54, 1.807) is 36.4 Å². The zero-order chi connectivity index (χ0) is 24.0. The zero-order valence-corrected chi connectivity index (χ0v) is 19.6. The van der Waals surface area contributed by atoms with E-state index in [-0.39, 0.29) is 18.0 Å². The van der Waals surface area contributed by atoms with Crippen molar-refractivity contribution in [2.24, 2.45) is 0 Å². The molecule has 3 aromatic rings. The van der Waals surface area contributed by atoms with E-state index in [9.17, 15) is 13.2 Å². The van der Waals surface area contributed by atoms with Crippen molar-refractivity contribution in [1.29, 1.82) is 0 Å². The largest absolute Gasteiger partial charge is 0.492 e. The lowest BCUT2D eigenvalue weighted by molar-refractivity contribution is -0.119. The predicted molar refractivity (Wildman–Crippen MR) is 128 cm³/mol. The Morgan fingerprint density at radius 3 is 2.41 bits per heavy atom. The summed E-state index contributed by atoms with van der Waals surface area (Å²) < 4.78 is 44.7. The van der Waals surface area contributed by atoms with Crippen LogP contribution < -0.4 is 23.8 Å². The summed E-state index contributed by atoms with van der Waals surface area (Å²) >= 11 is 0. The molecule has 3 aromatic carbocycles. The van der Waals surface area contributed by atoms with Gasteiger partial charge in [0.15, 0.2) is 11.5 Å². The van der Waals surface area contributed by atoms with Gasteiger partial charge in [-0.1, -0.05) is 35.9 Å². The third-order valence-electron chi connectivity index (χ3n) is 5.15. The first-order chi connectivity index (χ1) is 16.4. The third kappa shape index (κ3) is 5.60. The van der Waals surface area contributed by atoms with E-state index in [0.29, 0.717) is 36.1 Å². The molecule has 1 aliphatic rings. The lowest BCUT2D eigenvalue weighted by atomic mass is 10.2. The van der Waals surface area contributed by atoms with Gasteiger partial charge in [0, 0.05) is 6.07 Å². The highest BCUT2D eigenvalue weighted by atomic mass is 32.2. The van der Waals surface area contributed by atoms with Crippen molar-refractivity contribution in [3.63, 3.8) is 0 Å². The fourth-order valence-electron chi connectivity index (χ4n) is 3.40. The monoisotopic (exact) mass is 482 g/mol. The van der Waals surface area contributed by atoms with E-state index >= 15 is 0 Å². The molecule has 178 valence electrons.